The van der Waals surface area contributed by atoms with Crippen molar-refractivity contribution in [2.45, 2.75) is 37.8 Å². The SMILES string of the molecule is CNC(=O)[C@@H](Cc1ccccc1)N(Cc1c(Cl)cccc1Cl)C(=O)CN(c1ccccc1C)S(=O)(=O)c1ccc(C)cc1. The summed E-state index contributed by atoms with van der Waals surface area (Å²) in [5, 5.41) is 3.31. The molecule has 0 radical (unpaired) electrons. The summed E-state index contributed by atoms with van der Waals surface area (Å²) in [7, 11) is -2.70. The van der Waals surface area contributed by atoms with Gasteiger partial charge in [-0.1, -0.05) is 95.5 Å². The minimum atomic E-state index is -4.19. The maximum Gasteiger partial charge on any atom is 0.264 e. The van der Waals surface area contributed by atoms with Crippen molar-refractivity contribution in [1.29, 1.82) is 0 Å². The number of carbonyl (C=O) groups is 2. The lowest BCUT2D eigenvalue weighted by Crippen LogP contribution is -2.53. The highest BCUT2D eigenvalue weighted by molar-refractivity contribution is 7.92. The van der Waals surface area contributed by atoms with E-state index in [1.165, 1.54) is 24.1 Å². The van der Waals surface area contributed by atoms with Gasteiger partial charge < -0.3 is 10.2 Å². The van der Waals surface area contributed by atoms with Crippen LogP contribution in [0.15, 0.2) is 102 Å². The number of amides is 2. The first-order chi connectivity index (χ1) is 20.5. The fourth-order valence-corrected chi connectivity index (χ4v) is 6.76. The summed E-state index contributed by atoms with van der Waals surface area (Å²) in [4.78, 5) is 29.2. The number of anilines is 1. The third kappa shape index (κ3) is 7.57. The summed E-state index contributed by atoms with van der Waals surface area (Å²) in [6.45, 7) is 2.96. The lowest BCUT2D eigenvalue weighted by atomic mass is 10.0. The van der Waals surface area contributed by atoms with Crippen LogP contribution in [0.5, 0.6) is 0 Å². The van der Waals surface area contributed by atoms with Crippen molar-refractivity contribution >= 4 is 50.7 Å². The van der Waals surface area contributed by atoms with E-state index in [1.807, 2.05) is 37.3 Å². The zero-order valence-corrected chi connectivity index (χ0v) is 26.5. The first-order valence-corrected chi connectivity index (χ1v) is 15.9. The third-order valence-corrected chi connectivity index (χ3v) is 9.66. The molecule has 1 N–H and O–H groups in total. The van der Waals surface area contributed by atoms with Gasteiger partial charge in [0.1, 0.15) is 12.6 Å². The molecular formula is C33H33Cl2N3O4S. The second kappa shape index (κ2) is 14.1. The Morgan fingerprint density at radius 2 is 1.42 bits per heavy atom. The van der Waals surface area contributed by atoms with Crippen LogP contribution in [0.3, 0.4) is 0 Å². The van der Waals surface area contributed by atoms with Crippen molar-refractivity contribution in [3.05, 3.63) is 129 Å². The van der Waals surface area contributed by atoms with Gasteiger partial charge in [-0.15, -0.1) is 0 Å². The summed E-state index contributed by atoms with van der Waals surface area (Å²) >= 11 is 13.0. The maximum atomic E-state index is 14.4. The number of aryl methyl sites for hydroxylation is 2. The molecule has 1 atom stereocenters. The number of para-hydroxylation sites is 1. The zero-order chi connectivity index (χ0) is 31.1. The van der Waals surface area contributed by atoms with Gasteiger partial charge in [-0.3, -0.25) is 13.9 Å². The number of hydrogen-bond donors (Lipinski definition) is 1. The van der Waals surface area contributed by atoms with Crippen molar-refractivity contribution in [2.75, 3.05) is 17.9 Å². The quantitative estimate of drug-likeness (QED) is 0.212. The summed E-state index contributed by atoms with van der Waals surface area (Å²) in [5.41, 5.74) is 3.19. The van der Waals surface area contributed by atoms with Crippen LogP contribution in [0.2, 0.25) is 10.0 Å². The Kier molecular flexibility index (Phi) is 10.5. The molecule has 43 heavy (non-hydrogen) atoms. The summed E-state index contributed by atoms with van der Waals surface area (Å²) in [6.07, 6.45) is 0.184. The topological polar surface area (TPSA) is 86.8 Å². The highest BCUT2D eigenvalue weighted by atomic mass is 35.5. The van der Waals surface area contributed by atoms with Crippen molar-refractivity contribution < 1.29 is 18.0 Å². The predicted octanol–water partition coefficient (Wildman–Crippen LogP) is 6.19. The van der Waals surface area contributed by atoms with Gasteiger partial charge in [0.15, 0.2) is 0 Å². The lowest BCUT2D eigenvalue weighted by molar-refractivity contribution is -0.139. The molecule has 0 aliphatic heterocycles. The second-order valence-corrected chi connectivity index (χ2v) is 12.8. The Morgan fingerprint density at radius 3 is 2.02 bits per heavy atom. The molecule has 0 saturated carbocycles. The average Bonchev–Trinajstić information content (AvgIpc) is 2.99. The molecule has 4 aromatic carbocycles. The van der Waals surface area contributed by atoms with Crippen LogP contribution in [0.4, 0.5) is 5.69 Å². The number of sulfonamides is 1. The van der Waals surface area contributed by atoms with Gasteiger partial charge in [-0.2, -0.15) is 0 Å². The van der Waals surface area contributed by atoms with E-state index in [9.17, 15) is 18.0 Å². The number of nitrogens with one attached hydrogen (secondary N) is 1. The molecule has 7 nitrogen and oxygen atoms in total. The van der Waals surface area contributed by atoms with Crippen LogP contribution >= 0.6 is 23.2 Å². The smallest absolute Gasteiger partial charge is 0.264 e. The van der Waals surface area contributed by atoms with Crippen molar-refractivity contribution in [1.82, 2.24) is 10.2 Å². The fourth-order valence-electron chi connectivity index (χ4n) is 4.77. The first kappa shape index (κ1) is 32.1. The van der Waals surface area contributed by atoms with Gasteiger partial charge >= 0.3 is 0 Å². The van der Waals surface area contributed by atoms with Gasteiger partial charge in [0.2, 0.25) is 11.8 Å². The minimum Gasteiger partial charge on any atom is -0.357 e. The molecule has 0 unspecified atom stereocenters. The summed E-state index contributed by atoms with van der Waals surface area (Å²) < 4.78 is 29.3. The number of hydrogen-bond acceptors (Lipinski definition) is 4. The Balaban J connectivity index is 1.83. The van der Waals surface area contributed by atoms with Crippen molar-refractivity contribution in [3.63, 3.8) is 0 Å². The number of halogens is 2. The van der Waals surface area contributed by atoms with Gasteiger partial charge in [-0.25, -0.2) is 8.42 Å². The first-order valence-electron chi connectivity index (χ1n) is 13.7. The van der Waals surface area contributed by atoms with Crippen molar-refractivity contribution in [2.24, 2.45) is 0 Å². The van der Waals surface area contributed by atoms with E-state index in [1.54, 1.807) is 61.5 Å². The van der Waals surface area contributed by atoms with Crippen molar-refractivity contribution in [3.8, 4) is 0 Å². The molecule has 10 heteroatoms. The lowest BCUT2D eigenvalue weighted by Gasteiger charge is -2.34. The van der Waals surface area contributed by atoms with Crippen LogP contribution in [0, 0.1) is 13.8 Å². The molecule has 0 heterocycles. The van der Waals surface area contributed by atoms with E-state index >= 15 is 0 Å². The molecule has 0 aliphatic rings. The summed E-state index contributed by atoms with van der Waals surface area (Å²) in [5.74, 6) is -1.01. The maximum absolute atomic E-state index is 14.4. The highest BCUT2D eigenvalue weighted by Crippen LogP contribution is 2.30. The Labute approximate surface area is 263 Å². The van der Waals surface area contributed by atoms with Crippen LogP contribution in [0.1, 0.15) is 22.3 Å². The Bertz CT molecular complexity index is 1680. The van der Waals surface area contributed by atoms with Gasteiger partial charge in [0, 0.05) is 35.6 Å². The molecule has 2 amide bonds. The third-order valence-electron chi connectivity index (χ3n) is 7.18. The molecule has 0 fully saturated rings. The second-order valence-electron chi connectivity index (χ2n) is 10.2. The van der Waals surface area contributed by atoms with E-state index in [2.05, 4.69) is 5.32 Å². The molecule has 0 bridgehead atoms. The Hall–Kier alpha value is -3.85. The molecular weight excluding hydrogens is 605 g/mol. The normalized spacial score (nSPS) is 11.9. The van der Waals surface area contributed by atoms with Gasteiger partial charge in [0.25, 0.3) is 10.0 Å². The number of benzene rings is 4. The van der Waals surface area contributed by atoms with Crippen LogP contribution in [0.25, 0.3) is 0 Å². The van der Waals surface area contributed by atoms with E-state index < -0.39 is 34.4 Å². The molecule has 224 valence electrons. The van der Waals surface area contributed by atoms with Gasteiger partial charge in [0.05, 0.1) is 10.6 Å². The number of rotatable bonds is 11. The van der Waals surface area contributed by atoms with E-state index in [4.69, 9.17) is 23.2 Å². The number of carbonyl (C=O) groups excluding carboxylic acids is 2. The number of likely N-dealkylation sites (N-methyl/N-ethyl adjacent to an activating group) is 1. The highest BCUT2D eigenvalue weighted by Gasteiger charge is 2.35. The molecule has 0 spiro atoms. The van der Waals surface area contributed by atoms with E-state index in [0.29, 0.717) is 26.9 Å². The minimum absolute atomic E-state index is 0.0435. The van der Waals surface area contributed by atoms with Crippen LogP contribution in [-0.2, 0) is 32.6 Å². The molecule has 4 rings (SSSR count). The monoisotopic (exact) mass is 637 g/mol. The predicted molar refractivity (Wildman–Crippen MR) is 172 cm³/mol. The van der Waals surface area contributed by atoms with Crippen LogP contribution in [-0.4, -0.2) is 44.8 Å². The van der Waals surface area contributed by atoms with Crippen LogP contribution < -0.4 is 9.62 Å². The van der Waals surface area contributed by atoms with E-state index in [0.717, 1.165) is 15.4 Å². The molecule has 0 saturated heterocycles. The zero-order valence-electron chi connectivity index (χ0n) is 24.1. The molecule has 4 aromatic rings. The largest absolute Gasteiger partial charge is 0.357 e. The average molecular weight is 639 g/mol. The molecule has 0 aliphatic carbocycles. The summed E-state index contributed by atoms with van der Waals surface area (Å²) in [6, 6.07) is 26.7. The van der Waals surface area contributed by atoms with E-state index in [-0.39, 0.29) is 17.9 Å². The number of nitrogens with zero attached hydrogens (tertiary/aromatic N) is 2. The molecule has 0 aromatic heterocycles. The Morgan fingerprint density at radius 1 is 0.814 bits per heavy atom. The standard InChI is InChI=1S/C33H33Cl2N3O4S/c1-23-16-18-26(19-17-23)43(41,42)38(30-15-8-7-10-24(30)2)22-32(39)37(21-27-28(34)13-9-14-29(27)35)31(33(40)36-3)20-25-11-5-4-6-12-25/h4-19,31H,20-22H2,1-3H3,(H,36,40)/t31-/m1/s1. The fraction of sp³-hybridized carbons (Fsp3) is 0.212. The van der Waals surface area contributed by atoms with Gasteiger partial charge in [-0.05, 0) is 55.3 Å².